The van der Waals surface area contributed by atoms with Crippen molar-refractivity contribution < 1.29 is 4.74 Å². The number of ether oxygens (including phenoxy) is 1. The minimum Gasteiger partial charge on any atom is -0.486 e. The van der Waals surface area contributed by atoms with Gasteiger partial charge in [-0.25, -0.2) is 4.98 Å². The molecule has 1 aromatic heterocycles. The molecule has 0 spiro atoms. The second-order valence-corrected chi connectivity index (χ2v) is 5.13. The van der Waals surface area contributed by atoms with Gasteiger partial charge in [0, 0.05) is 0 Å². The van der Waals surface area contributed by atoms with Crippen LogP contribution in [0.5, 0.6) is 5.75 Å². The molecule has 3 N–H and O–H groups in total. The third kappa shape index (κ3) is 3.32. The van der Waals surface area contributed by atoms with Gasteiger partial charge in [-0.05, 0) is 24.6 Å². The summed E-state index contributed by atoms with van der Waals surface area (Å²) in [6, 6.07) is 17.3. The first-order chi connectivity index (χ1) is 10.7. The molecule has 0 amide bonds. The number of aromatic nitrogens is 3. The van der Waals surface area contributed by atoms with Gasteiger partial charge in [0.05, 0.1) is 6.04 Å². The summed E-state index contributed by atoms with van der Waals surface area (Å²) in [4.78, 5) is 4.41. The highest BCUT2D eigenvalue weighted by molar-refractivity contribution is 5.27. The van der Waals surface area contributed by atoms with Crippen molar-refractivity contribution in [2.45, 2.75) is 19.6 Å². The number of nitrogens with two attached hydrogens (primary N) is 1. The monoisotopic (exact) mass is 294 g/mol. The van der Waals surface area contributed by atoms with Crippen LogP contribution < -0.4 is 10.5 Å². The Morgan fingerprint density at radius 2 is 1.82 bits per heavy atom. The molecule has 2 aromatic carbocycles. The van der Waals surface area contributed by atoms with Gasteiger partial charge in [-0.1, -0.05) is 48.0 Å². The molecule has 22 heavy (non-hydrogen) atoms. The lowest BCUT2D eigenvalue weighted by Crippen LogP contribution is -2.13. The van der Waals surface area contributed by atoms with Crippen molar-refractivity contribution in [3.05, 3.63) is 77.4 Å². The SMILES string of the molecule is Cc1ccc([C@@H](N)c2n[nH]c(COc3ccccc3)n2)cc1. The maximum absolute atomic E-state index is 6.20. The van der Waals surface area contributed by atoms with Crippen molar-refractivity contribution in [1.29, 1.82) is 0 Å². The quantitative estimate of drug-likeness (QED) is 0.758. The van der Waals surface area contributed by atoms with Crippen LogP contribution >= 0.6 is 0 Å². The fourth-order valence-electron chi connectivity index (χ4n) is 2.10. The fourth-order valence-corrected chi connectivity index (χ4v) is 2.10. The zero-order chi connectivity index (χ0) is 15.4. The van der Waals surface area contributed by atoms with Crippen molar-refractivity contribution in [1.82, 2.24) is 15.2 Å². The average Bonchev–Trinajstić information content (AvgIpc) is 3.03. The Labute approximate surface area is 129 Å². The molecule has 0 unspecified atom stereocenters. The number of para-hydroxylation sites is 1. The lowest BCUT2D eigenvalue weighted by atomic mass is 10.1. The number of nitrogens with one attached hydrogen (secondary N) is 1. The predicted molar refractivity (Wildman–Crippen MR) is 84.4 cm³/mol. The molecule has 0 aliphatic carbocycles. The maximum Gasteiger partial charge on any atom is 0.172 e. The first-order valence-corrected chi connectivity index (χ1v) is 7.13. The Balaban J connectivity index is 1.66. The second kappa shape index (κ2) is 6.41. The van der Waals surface area contributed by atoms with E-state index in [0.29, 0.717) is 18.3 Å². The van der Waals surface area contributed by atoms with E-state index in [0.717, 1.165) is 11.3 Å². The van der Waals surface area contributed by atoms with E-state index in [2.05, 4.69) is 15.2 Å². The lowest BCUT2D eigenvalue weighted by molar-refractivity contribution is 0.296. The van der Waals surface area contributed by atoms with Crippen LogP contribution in [0.2, 0.25) is 0 Å². The van der Waals surface area contributed by atoms with E-state index in [-0.39, 0.29) is 6.04 Å². The molecule has 1 heterocycles. The van der Waals surface area contributed by atoms with Crippen molar-refractivity contribution in [2.75, 3.05) is 0 Å². The van der Waals surface area contributed by atoms with E-state index in [1.54, 1.807) is 0 Å². The van der Waals surface area contributed by atoms with Crippen molar-refractivity contribution in [2.24, 2.45) is 5.73 Å². The van der Waals surface area contributed by atoms with Crippen molar-refractivity contribution >= 4 is 0 Å². The summed E-state index contributed by atoms with van der Waals surface area (Å²) in [5.41, 5.74) is 8.38. The van der Waals surface area contributed by atoms with Gasteiger partial charge in [-0.15, -0.1) is 0 Å². The van der Waals surface area contributed by atoms with Gasteiger partial charge in [0.15, 0.2) is 11.6 Å². The van der Waals surface area contributed by atoms with Crippen LogP contribution in [0.1, 0.15) is 28.8 Å². The highest BCUT2D eigenvalue weighted by atomic mass is 16.5. The van der Waals surface area contributed by atoms with Crippen LogP contribution in [0.25, 0.3) is 0 Å². The number of benzene rings is 2. The Morgan fingerprint density at radius 1 is 1.09 bits per heavy atom. The normalized spacial score (nSPS) is 12.1. The molecule has 5 heteroatoms. The number of hydrogen-bond acceptors (Lipinski definition) is 4. The summed E-state index contributed by atoms with van der Waals surface area (Å²) in [6.07, 6.45) is 0. The van der Waals surface area contributed by atoms with Crippen LogP contribution in [0.15, 0.2) is 54.6 Å². The average molecular weight is 294 g/mol. The summed E-state index contributed by atoms with van der Waals surface area (Å²) >= 11 is 0. The molecule has 112 valence electrons. The Bertz CT molecular complexity index is 722. The second-order valence-electron chi connectivity index (χ2n) is 5.13. The van der Waals surface area contributed by atoms with Crippen LogP contribution in [-0.4, -0.2) is 15.2 Å². The number of nitrogens with zero attached hydrogens (tertiary/aromatic N) is 2. The summed E-state index contributed by atoms with van der Waals surface area (Å²) in [5, 5.41) is 7.06. The van der Waals surface area contributed by atoms with Crippen molar-refractivity contribution in [3.63, 3.8) is 0 Å². The topological polar surface area (TPSA) is 76.8 Å². The number of H-pyrrole nitrogens is 1. The van der Waals surface area contributed by atoms with Gasteiger partial charge >= 0.3 is 0 Å². The molecule has 0 fully saturated rings. The summed E-state index contributed by atoms with van der Waals surface area (Å²) in [5.74, 6) is 2.01. The Hall–Kier alpha value is -2.66. The molecule has 3 rings (SSSR count). The zero-order valence-electron chi connectivity index (χ0n) is 12.4. The molecule has 0 saturated heterocycles. The van der Waals surface area contributed by atoms with Gasteiger partial charge in [0.1, 0.15) is 12.4 Å². The minimum atomic E-state index is -0.345. The summed E-state index contributed by atoms with van der Waals surface area (Å²) in [6.45, 7) is 2.37. The van der Waals surface area contributed by atoms with E-state index in [9.17, 15) is 0 Å². The molecular formula is C17H18N4O. The summed E-state index contributed by atoms with van der Waals surface area (Å²) < 4.78 is 5.63. The molecule has 0 radical (unpaired) electrons. The molecule has 0 aliphatic heterocycles. The van der Waals surface area contributed by atoms with Crippen LogP contribution in [0, 0.1) is 6.92 Å². The van der Waals surface area contributed by atoms with E-state index >= 15 is 0 Å². The van der Waals surface area contributed by atoms with Crippen molar-refractivity contribution in [3.8, 4) is 5.75 Å². The zero-order valence-corrected chi connectivity index (χ0v) is 12.4. The van der Waals surface area contributed by atoms with Crippen LogP contribution in [-0.2, 0) is 6.61 Å². The van der Waals surface area contributed by atoms with E-state index in [1.807, 2.05) is 61.5 Å². The highest BCUT2D eigenvalue weighted by Crippen LogP contribution is 2.17. The molecule has 1 atom stereocenters. The van der Waals surface area contributed by atoms with Gasteiger partial charge in [0.25, 0.3) is 0 Å². The number of hydrogen-bond donors (Lipinski definition) is 2. The van der Waals surface area contributed by atoms with Gasteiger partial charge < -0.3 is 10.5 Å². The van der Waals surface area contributed by atoms with Crippen LogP contribution in [0.3, 0.4) is 0 Å². The highest BCUT2D eigenvalue weighted by Gasteiger charge is 2.14. The summed E-state index contributed by atoms with van der Waals surface area (Å²) in [7, 11) is 0. The third-order valence-electron chi connectivity index (χ3n) is 3.38. The maximum atomic E-state index is 6.20. The van der Waals surface area contributed by atoms with Gasteiger partial charge in [-0.2, -0.15) is 5.10 Å². The van der Waals surface area contributed by atoms with E-state index in [4.69, 9.17) is 10.5 Å². The van der Waals surface area contributed by atoms with Crippen LogP contribution in [0.4, 0.5) is 0 Å². The molecular weight excluding hydrogens is 276 g/mol. The van der Waals surface area contributed by atoms with Gasteiger partial charge in [0.2, 0.25) is 0 Å². The molecule has 5 nitrogen and oxygen atoms in total. The van der Waals surface area contributed by atoms with E-state index in [1.165, 1.54) is 5.56 Å². The number of aromatic amines is 1. The molecule has 0 aliphatic rings. The fraction of sp³-hybridized carbons (Fsp3) is 0.176. The molecule has 0 saturated carbocycles. The standard InChI is InChI=1S/C17H18N4O/c1-12-7-9-13(10-8-12)16(18)17-19-15(20-21-17)11-22-14-5-3-2-4-6-14/h2-10,16H,11,18H2,1H3,(H,19,20,21)/t16-/m1/s1. The van der Waals surface area contributed by atoms with E-state index < -0.39 is 0 Å². The lowest BCUT2D eigenvalue weighted by Gasteiger charge is -2.08. The first kappa shape index (κ1) is 14.3. The van der Waals surface area contributed by atoms with Gasteiger partial charge in [-0.3, -0.25) is 5.10 Å². The Morgan fingerprint density at radius 3 is 2.55 bits per heavy atom. The Kier molecular flexibility index (Phi) is 4.16. The minimum absolute atomic E-state index is 0.331. The number of rotatable bonds is 5. The largest absolute Gasteiger partial charge is 0.486 e. The third-order valence-corrected chi connectivity index (χ3v) is 3.38. The predicted octanol–water partition coefficient (Wildman–Crippen LogP) is 2.74. The first-order valence-electron chi connectivity index (χ1n) is 7.13. The smallest absolute Gasteiger partial charge is 0.172 e. The number of aryl methyl sites for hydroxylation is 1. The molecule has 0 bridgehead atoms. The molecule has 3 aromatic rings.